The molecule has 0 spiro atoms. The standard InChI is InChI=1S/C17H16N6O2/c18-17-21-15-14(16(22-17)23-4-6-25-7-5-23)20-13(9-19-15)12-3-1-2-11(8-12)10-24/h1-3,8-10H,4-7H2,(H2,18,19,21,22). The Balaban J connectivity index is 1.85. The van der Waals surface area contributed by atoms with Crippen molar-refractivity contribution in [2.45, 2.75) is 0 Å². The van der Waals surface area contributed by atoms with Crippen LogP contribution in [0.5, 0.6) is 0 Å². The minimum Gasteiger partial charge on any atom is -0.378 e. The average Bonchev–Trinajstić information content (AvgIpc) is 2.67. The van der Waals surface area contributed by atoms with E-state index < -0.39 is 0 Å². The molecule has 1 fully saturated rings. The van der Waals surface area contributed by atoms with Crippen LogP contribution in [0.1, 0.15) is 10.4 Å². The zero-order valence-corrected chi connectivity index (χ0v) is 13.4. The van der Waals surface area contributed by atoms with Gasteiger partial charge in [-0.3, -0.25) is 4.79 Å². The zero-order valence-electron chi connectivity index (χ0n) is 13.4. The Morgan fingerprint density at radius 3 is 2.80 bits per heavy atom. The normalized spacial score (nSPS) is 14.6. The highest BCUT2D eigenvalue weighted by Gasteiger charge is 2.19. The Labute approximate surface area is 143 Å². The third-order valence-electron chi connectivity index (χ3n) is 4.03. The summed E-state index contributed by atoms with van der Waals surface area (Å²) in [7, 11) is 0. The molecule has 0 atom stereocenters. The van der Waals surface area contributed by atoms with Gasteiger partial charge in [0.15, 0.2) is 17.0 Å². The van der Waals surface area contributed by atoms with Crippen LogP contribution in [-0.2, 0) is 4.74 Å². The number of hydrogen-bond acceptors (Lipinski definition) is 8. The predicted octanol–water partition coefficient (Wildman–Crippen LogP) is 1.32. The number of anilines is 2. The summed E-state index contributed by atoms with van der Waals surface area (Å²) in [4.78, 5) is 30.7. The number of nitrogens with zero attached hydrogens (tertiary/aromatic N) is 5. The van der Waals surface area contributed by atoms with Gasteiger partial charge in [0.25, 0.3) is 0 Å². The first-order valence-corrected chi connectivity index (χ1v) is 7.93. The number of ether oxygens (including phenoxy) is 1. The number of nitrogens with two attached hydrogens (primary N) is 1. The smallest absolute Gasteiger partial charge is 0.224 e. The van der Waals surface area contributed by atoms with Crippen molar-refractivity contribution in [3.63, 3.8) is 0 Å². The fraction of sp³-hybridized carbons (Fsp3) is 0.235. The number of carbonyl (C=O) groups excluding carboxylic acids is 1. The van der Waals surface area contributed by atoms with Crippen molar-refractivity contribution < 1.29 is 9.53 Å². The van der Waals surface area contributed by atoms with E-state index in [0.717, 1.165) is 11.8 Å². The van der Waals surface area contributed by atoms with Gasteiger partial charge in [0.05, 0.1) is 25.1 Å². The number of nitrogen functional groups attached to an aromatic ring is 1. The van der Waals surface area contributed by atoms with E-state index in [1.54, 1.807) is 18.3 Å². The van der Waals surface area contributed by atoms with Crippen molar-refractivity contribution in [3.05, 3.63) is 36.0 Å². The summed E-state index contributed by atoms with van der Waals surface area (Å²) < 4.78 is 5.40. The van der Waals surface area contributed by atoms with Gasteiger partial charge in [-0.1, -0.05) is 18.2 Å². The van der Waals surface area contributed by atoms with Gasteiger partial charge in [0, 0.05) is 24.2 Å². The first kappa shape index (κ1) is 15.4. The Morgan fingerprint density at radius 2 is 2.00 bits per heavy atom. The number of rotatable bonds is 3. The van der Waals surface area contributed by atoms with Crippen molar-refractivity contribution >= 4 is 29.2 Å². The first-order chi connectivity index (χ1) is 12.2. The molecular weight excluding hydrogens is 320 g/mol. The highest BCUT2D eigenvalue weighted by atomic mass is 16.5. The largest absolute Gasteiger partial charge is 0.378 e. The molecule has 0 radical (unpaired) electrons. The van der Waals surface area contributed by atoms with E-state index in [2.05, 4.69) is 19.9 Å². The summed E-state index contributed by atoms with van der Waals surface area (Å²) >= 11 is 0. The lowest BCUT2D eigenvalue weighted by Crippen LogP contribution is -2.37. The summed E-state index contributed by atoms with van der Waals surface area (Å²) in [6, 6.07) is 7.21. The zero-order chi connectivity index (χ0) is 17.2. The Kier molecular flexibility index (Phi) is 3.95. The molecule has 1 aromatic carbocycles. The maximum absolute atomic E-state index is 11.0. The van der Waals surface area contributed by atoms with Gasteiger partial charge in [-0.2, -0.15) is 9.97 Å². The van der Waals surface area contributed by atoms with Crippen LogP contribution in [0.2, 0.25) is 0 Å². The highest BCUT2D eigenvalue weighted by molar-refractivity contribution is 5.86. The molecule has 0 aliphatic carbocycles. The molecular formula is C17H16N6O2. The Morgan fingerprint density at radius 1 is 1.16 bits per heavy atom. The van der Waals surface area contributed by atoms with Crippen molar-refractivity contribution in [3.8, 4) is 11.3 Å². The molecule has 126 valence electrons. The van der Waals surface area contributed by atoms with Gasteiger partial charge >= 0.3 is 0 Å². The number of morpholine rings is 1. The lowest BCUT2D eigenvalue weighted by Gasteiger charge is -2.28. The molecule has 1 saturated heterocycles. The summed E-state index contributed by atoms with van der Waals surface area (Å²) in [6.45, 7) is 2.66. The van der Waals surface area contributed by atoms with Crippen molar-refractivity contribution in [1.82, 2.24) is 19.9 Å². The van der Waals surface area contributed by atoms with E-state index in [9.17, 15) is 4.79 Å². The summed E-state index contributed by atoms with van der Waals surface area (Å²) in [5.41, 5.74) is 8.91. The molecule has 0 saturated carbocycles. The molecule has 0 unspecified atom stereocenters. The average molecular weight is 336 g/mol. The van der Waals surface area contributed by atoms with Crippen molar-refractivity contribution in [1.29, 1.82) is 0 Å². The van der Waals surface area contributed by atoms with Crippen molar-refractivity contribution in [2.75, 3.05) is 36.9 Å². The summed E-state index contributed by atoms with van der Waals surface area (Å²) in [5, 5.41) is 0. The van der Waals surface area contributed by atoms with E-state index in [1.165, 1.54) is 0 Å². The number of fused-ring (bicyclic) bond motifs is 1. The van der Waals surface area contributed by atoms with E-state index in [1.807, 2.05) is 12.1 Å². The second kappa shape index (κ2) is 6.40. The Hall–Kier alpha value is -3.13. The molecule has 1 aliphatic heterocycles. The molecule has 8 heteroatoms. The molecule has 3 heterocycles. The van der Waals surface area contributed by atoms with Gasteiger partial charge in [-0.05, 0) is 6.07 Å². The van der Waals surface area contributed by atoms with E-state index in [4.69, 9.17) is 15.5 Å². The van der Waals surface area contributed by atoms with Gasteiger partial charge in [-0.15, -0.1) is 0 Å². The minimum absolute atomic E-state index is 0.166. The lowest BCUT2D eigenvalue weighted by molar-refractivity contribution is 0.112. The van der Waals surface area contributed by atoms with Gasteiger partial charge < -0.3 is 15.4 Å². The number of benzene rings is 1. The summed E-state index contributed by atoms with van der Waals surface area (Å²) in [6.07, 6.45) is 2.43. The second-order valence-corrected chi connectivity index (χ2v) is 5.68. The molecule has 25 heavy (non-hydrogen) atoms. The van der Waals surface area contributed by atoms with Crippen molar-refractivity contribution in [2.24, 2.45) is 0 Å². The van der Waals surface area contributed by atoms with Crippen LogP contribution in [0, 0.1) is 0 Å². The van der Waals surface area contributed by atoms with E-state index >= 15 is 0 Å². The number of aldehydes is 1. The molecule has 3 aromatic rings. The number of carbonyl (C=O) groups is 1. The topological polar surface area (TPSA) is 107 Å². The Bertz CT molecular complexity index is 940. The van der Waals surface area contributed by atoms with Crippen LogP contribution in [0.3, 0.4) is 0 Å². The van der Waals surface area contributed by atoms with Crippen LogP contribution in [0.25, 0.3) is 22.4 Å². The van der Waals surface area contributed by atoms with Gasteiger partial charge in [0.1, 0.15) is 6.29 Å². The molecule has 0 bridgehead atoms. The second-order valence-electron chi connectivity index (χ2n) is 5.68. The van der Waals surface area contributed by atoms with E-state index in [0.29, 0.717) is 54.5 Å². The lowest BCUT2D eigenvalue weighted by atomic mass is 10.1. The maximum Gasteiger partial charge on any atom is 0.224 e. The molecule has 4 rings (SSSR count). The molecule has 2 aromatic heterocycles. The quantitative estimate of drug-likeness (QED) is 0.714. The monoisotopic (exact) mass is 336 g/mol. The number of aromatic nitrogens is 4. The fourth-order valence-corrected chi connectivity index (χ4v) is 2.82. The molecule has 8 nitrogen and oxygen atoms in total. The molecule has 0 amide bonds. The van der Waals surface area contributed by atoms with Crippen LogP contribution >= 0.6 is 0 Å². The first-order valence-electron chi connectivity index (χ1n) is 7.93. The third kappa shape index (κ3) is 2.99. The predicted molar refractivity (Wildman–Crippen MR) is 93.4 cm³/mol. The highest BCUT2D eigenvalue weighted by Crippen LogP contribution is 2.26. The van der Waals surface area contributed by atoms with E-state index in [-0.39, 0.29) is 5.95 Å². The molecule has 1 aliphatic rings. The number of hydrogen-bond donors (Lipinski definition) is 1. The van der Waals surface area contributed by atoms with Gasteiger partial charge in [-0.25, -0.2) is 9.97 Å². The summed E-state index contributed by atoms with van der Waals surface area (Å²) in [5.74, 6) is 0.825. The fourth-order valence-electron chi connectivity index (χ4n) is 2.82. The van der Waals surface area contributed by atoms with Gasteiger partial charge in [0.2, 0.25) is 5.95 Å². The van der Waals surface area contributed by atoms with Crippen LogP contribution in [0.15, 0.2) is 30.5 Å². The van der Waals surface area contributed by atoms with Crippen LogP contribution < -0.4 is 10.6 Å². The third-order valence-corrected chi connectivity index (χ3v) is 4.03. The maximum atomic E-state index is 11.0. The minimum atomic E-state index is 0.166. The van der Waals surface area contributed by atoms with Crippen LogP contribution in [-0.4, -0.2) is 52.5 Å². The molecule has 2 N–H and O–H groups in total. The van der Waals surface area contributed by atoms with Crippen LogP contribution in [0.4, 0.5) is 11.8 Å². The SMILES string of the molecule is Nc1nc(N2CCOCC2)c2nc(-c3cccc(C=O)c3)cnc2n1.